The molecule has 0 aliphatic carbocycles. The summed E-state index contributed by atoms with van der Waals surface area (Å²) in [4.78, 5) is 10.7. The smallest absolute Gasteiger partial charge is 0.321 e. The van der Waals surface area contributed by atoms with Crippen molar-refractivity contribution in [2.75, 3.05) is 5.75 Å². The molecule has 1 heterocycles. The Balaban J connectivity index is 2.14. The van der Waals surface area contributed by atoms with Crippen LogP contribution in [0.4, 0.5) is 4.39 Å². The first-order valence-corrected chi connectivity index (χ1v) is 6.06. The number of hydrogen-bond acceptors (Lipinski definition) is 3. The van der Waals surface area contributed by atoms with Gasteiger partial charge in [0.1, 0.15) is 11.9 Å². The first kappa shape index (κ1) is 11.7. The zero-order valence-corrected chi connectivity index (χ0v) is 9.69. The van der Waals surface area contributed by atoms with Gasteiger partial charge < -0.3 is 5.11 Å². The minimum atomic E-state index is -0.872. The molecule has 1 aromatic rings. The molecule has 6 heteroatoms. The van der Waals surface area contributed by atoms with Crippen molar-refractivity contribution in [3.8, 4) is 0 Å². The van der Waals surface area contributed by atoms with Crippen LogP contribution >= 0.6 is 23.4 Å². The van der Waals surface area contributed by atoms with Crippen molar-refractivity contribution in [3.05, 3.63) is 34.6 Å². The maximum Gasteiger partial charge on any atom is 0.321 e. The van der Waals surface area contributed by atoms with Gasteiger partial charge in [-0.15, -0.1) is 11.8 Å². The van der Waals surface area contributed by atoms with Crippen molar-refractivity contribution in [3.63, 3.8) is 0 Å². The molecule has 1 aromatic carbocycles. The van der Waals surface area contributed by atoms with E-state index in [1.54, 1.807) is 6.07 Å². The highest BCUT2D eigenvalue weighted by Gasteiger charge is 2.30. The summed E-state index contributed by atoms with van der Waals surface area (Å²) in [6.45, 7) is 0. The number of nitrogens with one attached hydrogen (secondary N) is 1. The lowest BCUT2D eigenvalue weighted by atomic mass is 10.2. The summed E-state index contributed by atoms with van der Waals surface area (Å²) in [6, 6.07) is 3.86. The third-order valence-corrected chi connectivity index (χ3v) is 3.88. The van der Waals surface area contributed by atoms with Crippen LogP contribution < -0.4 is 5.32 Å². The molecule has 1 aliphatic rings. The summed E-state index contributed by atoms with van der Waals surface area (Å²) < 4.78 is 12.9. The normalized spacial score (nSPS) is 24.6. The van der Waals surface area contributed by atoms with Gasteiger partial charge in [0.05, 0.1) is 10.4 Å². The molecule has 0 amide bonds. The summed E-state index contributed by atoms with van der Waals surface area (Å²) in [5.74, 6) is -0.846. The van der Waals surface area contributed by atoms with Gasteiger partial charge in [-0.2, -0.15) is 0 Å². The van der Waals surface area contributed by atoms with Crippen LogP contribution in [0.25, 0.3) is 0 Å². The Hall–Kier alpha value is -0.780. The second-order valence-corrected chi connectivity index (χ2v) is 4.99. The highest BCUT2D eigenvalue weighted by Crippen LogP contribution is 2.34. The minimum absolute atomic E-state index is 0.0543. The number of hydrogen-bond donors (Lipinski definition) is 2. The molecule has 0 aromatic heterocycles. The van der Waals surface area contributed by atoms with Crippen molar-refractivity contribution in [2.24, 2.45) is 0 Å². The molecular weight excluding hydrogens is 253 g/mol. The molecule has 0 spiro atoms. The van der Waals surface area contributed by atoms with Gasteiger partial charge in [0.15, 0.2) is 0 Å². The highest BCUT2D eigenvalue weighted by atomic mass is 35.5. The maximum atomic E-state index is 12.9. The van der Waals surface area contributed by atoms with Crippen molar-refractivity contribution in [1.82, 2.24) is 5.32 Å². The molecule has 1 fully saturated rings. The Morgan fingerprint density at radius 2 is 2.38 bits per heavy atom. The number of carboxylic acid groups (broad SMARTS) is 1. The summed E-state index contributed by atoms with van der Waals surface area (Å²) in [5, 5.41) is 11.7. The largest absolute Gasteiger partial charge is 0.480 e. The zero-order valence-electron chi connectivity index (χ0n) is 8.11. The average Bonchev–Trinajstić information content (AvgIpc) is 2.71. The first-order chi connectivity index (χ1) is 7.58. The van der Waals surface area contributed by atoms with E-state index >= 15 is 0 Å². The van der Waals surface area contributed by atoms with Crippen LogP contribution in [0.2, 0.25) is 5.02 Å². The molecule has 0 bridgehead atoms. The van der Waals surface area contributed by atoms with E-state index in [-0.39, 0.29) is 10.4 Å². The quantitative estimate of drug-likeness (QED) is 0.858. The number of benzene rings is 1. The van der Waals surface area contributed by atoms with Gasteiger partial charge >= 0.3 is 5.97 Å². The van der Waals surface area contributed by atoms with Gasteiger partial charge in [-0.25, -0.2) is 4.39 Å². The van der Waals surface area contributed by atoms with Crippen molar-refractivity contribution in [2.45, 2.75) is 11.4 Å². The Labute approximate surface area is 101 Å². The maximum absolute atomic E-state index is 12.9. The number of carbonyl (C=O) groups is 1. The molecule has 0 saturated carbocycles. The fourth-order valence-corrected chi connectivity index (χ4v) is 2.89. The zero-order chi connectivity index (χ0) is 11.7. The van der Waals surface area contributed by atoms with Crippen LogP contribution in [-0.2, 0) is 4.79 Å². The SMILES string of the molecule is O=C(O)[C@@H]1CSC(c2ccc(F)c(Cl)c2)N1. The topological polar surface area (TPSA) is 49.3 Å². The third kappa shape index (κ3) is 2.31. The standard InChI is InChI=1S/C10H9ClFNO2S/c11-6-3-5(1-2-7(6)12)9-13-8(4-16-9)10(14)15/h1-3,8-9,13H,4H2,(H,14,15)/t8-,9?/m0/s1. The van der Waals surface area contributed by atoms with Gasteiger partial charge in [0.2, 0.25) is 0 Å². The number of halogens is 2. The number of carboxylic acids is 1. The monoisotopic (exact) mass is 261 g/mol. The highest BCUT2D eigenvalue weighted by molar-refractivity contribution is 7.99. The third-order valence-electron chi connectivity index (χ3n) is 2.33. The molecule has 3 nitrogen and oxygen atoms in total. The van der Waals surface area contributed by atoms with Crippen LogP contribution in [0.15, 0.2) is 18.2 Å². The van der Waals surface area contributed by atoms with Crippen molar-refractivity contribution < 1.29 is 14.3 Å². The predicted octanol–water partition coefficient (Wildman–Crippen LogP) is 2.27. The van der Waals surface area contributed by atoms with E-state index in [2.05, 4.69) is 5.32 Å². The van der Waals surface area contributed by atoms with E-state index in [4.69, 9.17) is 16.7 Å². The summed E-state index contributed by atoms with van der Waals surface area (Å²) in [6.07, 6.45) is 0. The molecule has 16 heavy (non-hydrogen) atoms. The van der Waals surface area contributed by atoms with Gasteiger partial charge in [0.25, 0.3) is 0 Å². The molecule has 1 aliphatic heterocycles. The lowest BCUT2D eigenvalue weighted by molar-refractivity contribution is -0.138. The van der Waals surface area contributed by atoms with Gasteiger partial charge in [-0.3, -0.25) is 10.1 Å². The molecule has 2 atom stereocenters. The molecule has 2 rings (SSSR count). The van der Waals surface area contributed by atoms with Crippen LogP contribution in [0, 0.1) is 5.82 Å². The van der Waals surface area contributed by atoms with E-state index in [9.17, 15) is 9.18 Å². The lowest BCUT2D eigenvalue weighted by Gasteiger charge is -2.11. The molecule has 2 N–H and O–H groups in total. The van der Waals surface area contributed by atoms with Gasteiger partial charge in [-0.05, 0) is 17.7 Å². The van der Waals surface area contributed by atoms with Crippen molar-refractivity contribution in [1.29, 1.82) is 0 Å². The fourth-order valence-electron chi connectivity index (χ4n) is 1.48. The second-order valence-electron chi connectivity index (χ2n) is 3.44. The summed E-state index contributed by atoms with van der Waals surface area (Å²) in [5.41, 5.74) is 0.792. The molecule has 0 radical (unpaired) electrons. The summed E-state index contributed by atoms with van der Waals surface area (Å²) >= 11 is 7.14. The number of rotatable bonds is 2. The summed E-state index contributed by atoms with van der Waals surface area (Å²) in [7, 11) is 0. The Bertz CT molecular complexity index is 429. The van der Waals surface area contributed by atoms with E-state index in [0.29, 0.717) is 5.75 Å². The fraction of sp³-hybridized carbons (Fsp3) is 0.300. The van der Waals surface area contributed by atoms with E-state index in [1.807, 2.05) is 0 Å². The van der Waals surface area contributed by atoms with Crippen LogP contribution in [0.1, 0.15) is 10.9 Å². The average molecular weight is 262 g/mol. The Morgan fingerprint density at radius 1 is 1.62 bits per heavy atom. The first-order valence-electron chi connectivity index (χ1n) is 4.63. The number of thioether (sulfide) groups is 1. The van der Waals surface area contributed by atoms with Gasteiger partial charge in [0, 0.05) is 5.75 Å². The lowest BCUT2D eigenvalue weighted by Crippen LogP contribution is -2.33. The van der Waals surface area contributed by atoms with E-state index in [0.717, 1.165) is 5.56 Å². The Kier molecular flexibility index (Phi) is 3.37. The number of aliphatic carboxylic acids is 1. The van der Waals surface area contributed by atoms with Crippen LogP contribution in [0.5, 0.6) is 0 Å². The van der Waals surface area contributed by atoms with Crippen LogP contribution in [-0.4, -0.2) is 22.9 Å². The minimum Gasteiger partial charge on any atom is -0.480 e. The molecule has 86 valence electrons. The van der Waals surface area contributed by atoms with E-state index < -0.39 is 17.8 Å². The van der Waals surface area contributed by atoms with Crippen molar-refractivity contribution >= 4 is 29.3 Å². The Morgan fingerprint density at radius 3 is 2.94 bits per heavy atom. The molecular formula is C10H9ClFNO2S. The van der Waals surface area contributed by atoms with Crippen LogP contribution in [0.3, 0.4) is 0 Å². The second kappa shape index (κ2) is 4.61. The van der Waals surface area contributed by atoms with E-state index in [1.165, 1.54) is 23.9 Å². The molecule has 1 saturated heterocycles. The molecule has 1 unspecified atom stereocenters. The van der Waals surface area contributed by atoms with Gasteiger partial charge in [-0.1, -0.05) is 17.7 Å². The predicted molar refractivity (Wildman–Crippen MR) is 61.2 cm³/mol.